The average Bonchev–Trinajstić information content (AvgIpc) is 3.66. The second-order valence-electron chi connectivity index (χ2n) is 12.3. The number of aromatic nitrogens is 6. The number of hydroxylamine groups is 4. The molecule has 0 saturated carbocycles. The summed E-state index contributed by atoms with van der Waals surface area (Å²) in [4.78, 5) is 112. The lowest BCUT2D eigenvalue weighted by atomic mass is 10.2. The van der Waals surface area contributed by atoms with E-state index in [1.165, 1.54) is 20.0 Å². The summed E-state index contributed by atoms with van der Waals surface area (Å²) >= 11 is 21.9. The van der Waals surface area contributed by atoms with Gasteiger partial charge in [0.2, 0.25) is 33.0 Å². The third kappa shape index (κ3) is 20.8. The third-order valence-electron chi connectivity index (χ3n) is 7.70. The van der Waals surface area contributed by atoms with Crippen molar-refractivity contribution in [2.75, 3.05) is 30.8 Å². The summed E-state index contributed by atoms with van der Waals surface area (Å²) < 4.78 is 4.49. The summed E-state index contributed by atoms with van der Waals surface area (Å²) in [5.41, 5.74) is 0. The molecule has 2 N–H and O–H groups in total. The van der Waals surface area contributed by atoms with Crippen molar-refractivity contribution in [1.82, 2.24) is 40.0 Å². The van der Waals surface area contributed by atoms with Crippen LogP contribution in [0.4, 0.5) is 11.9 Å². The van der Waals surface area contributed by atoms with Crippen molar-refractivity contribution in [2.45, 2.75) is 116 Å². The average molecular weight is 897 g/mol. The van der Waals surface area contributed by atoms with Crippen molar-refractivity contribution >= 4 is 99.8 Å². The Morgan fingerprint density at radius 3 is 1.22 bits per heavy atom. The number of rotatable bonds is 21. The number of halogens is 4. The fraction of sp³-hybridized carbons (Fsp3) is 0.618. The molecule has 2 aromatic heterocycles. The molecular formula is C34H46Cl4N10O10. The minimum absolute atomic E-state index is 0.000000000000000444. The first kappa shape index (κ1) is 49.6. The molecule has 0 bridgehead atoms. The summed E-state index contributed by atoms with van der Waals surface area (Å²) in [7, 11) is 1.43. The highest BCUT2D eigenvalue weighted by atomic mass is 35.5. The lowest BCUT2D eigenvalue weighted by molar-refractivity contribution is -0.197. The van der Waals surface area contributed by atoms with Crippen LogP contribution in [0, 0.1) is 0 Å². The first-order valence-corrected chi connectivity index (χ1v) is 20.0. The van der Waals surface area contributed by atoms with Crippen LogP contribution in [0.1, 0.15) is 116 Å². The van der Waals surface area contributed by atoms with Gasteiger partial charge in [0.1, 0.15) is 0 Å². The van der Waals surface area contributed by atoms with Crippen molar-refractivity contribution < 1.29 is 48.0 Å². The van der Waals surface area contributed by atoms with Gasteiger partial charge in [-0.05, 0) is 78.5 Å². The van der Waals surface area contributed by atoms with E-state index in [0.29, 0.717) is 68.2 Å². The number of nitrogens with one attached hydrogen (secondary N) is 2. The number of carbonyl (C=O) groups excluding carboxylic acids is 7. The zero-order chi connectivity index (χ0) is 42.9. The molecule has 0 aromatic carbocycles. The van der Waals surface area contributed by atoms with E-state index in [1.54, 1.807) is 0 Å². The molecule has 58 heavy (non-hydrogen) atoms. The SMILES string of the molecule is CCCCCCC(=O)OC.Clc1nc(Cl)nc(Cl)n1.O=C(CCCCCNc1nc(Cl)nc(NCCCCCC(=O)ON2C(=O)CCC2=O)n1)ON1C(=O)CCC1=O. The maximum atomic E-state index is 11.8. The first-order chi connectivity index (χ1) is 27.7. The third-order valence-corrected chi connectivity index (χ3v) is 8.38. The molecular weight excluding hydrogens is 850 g/mol. The van der Waals surface area contributed by atoms with Gasteiger partial charge >= 0.3 is 17.9 Å². The Morgan fingerprint density at radius 1 is 0.517 bits per heavy atom. The lowest BCUT2D eigenvalue weighted by Gasteiger charge is -2.12. The molecule has 4 amide bonds. The number of imide groups is 2. The van der Waals surface area contributed by atoms with Crippen molar-refractivity contribution in [1.29, 1.82) is 0 Å². The highest BCUT2D eigenvalue weighted by Gasteiger charge is 2.33. The number of unbranched alkanes of at least 4 members (excludes halogenated alkanes) is 7. The van der Waals surface area contributed by atoms with Gasteiger partial charge in [-0.25, -0.2) is 9.59 Å². The van der Waals surface area contributed by atoms with E-state index >= 15 is 0 Å². The Labute approximate surface area is 354 Å². The van der Waals surface area contributed by atoms with Gasteiger partial charge in [-0.2, -0.15) is 29.9 Å². The van der Waals surface area contributed by atoms with Gasteiger partial charge in [-0.3, -0.25) is 24.0 Å². The minimum Gasteiger partial charge on any atom is -0.469 e. The molecule has 0 radical (unpaired) electrons. The van der Waals surface area contributed by atoms with E-state index in [2.05, 4.69) is 52.2 Å². The Kier molecular flexibility index (Phi) is 23.9. The molecule has 4 rings (SSSR count). The van der Waals surface area contributed by atoms with Gasteiger partial charge in [0.15, 0.2) is 0 Å². The number of carbonyl (C=O) groups is 7. The minimum atomic E-state index is -0.624. The summed E-state index contributed by atoms with van der Waals surface area (Å²) in [5, 5.41) is 7.18. The van der Waals surface area contributed by atoms with Crippen LogP contribution < -0.4 is 10.6 Å². The van der Waals surface area contributed by atoms with E-state index in [1.807, 2.05) is 0 Å². The van der Waals surface area contributed by atoms with Gasteiger partial charge in [-0.1, -0.05) is 39.0 Å². The predicted molar refractivity (Wildman–Crippen MR) is 209 cm³/mol. The number of ether oxygens (including phenoxy) is 1. The zero-order valence-electron chi connectivity index (χ0n) is 32.1. The quantitative estimate of drug-likeness (QED) is 0.0872. The van der Waals surface area contributed by atoms with Crippen molar-refractivity contribution in [3.63, 3.8) is 0 Å². The van der Waals surface area contributed by atoms with Crippen molar-refractivity contribution in [3.05, 3.63) is 21.1 Å². The highest BCUT2D eigenvalue weighted by Crippen LogP contribution is 2.16. The van der Waals surface area contributed by atoms with E-state index in [9.17, 15) is 33.6 Å². The Balaban J connectivity index is 0.000000497. The van der Waals surface area contributed by atoms with E-state index in [4.69, 9.17) is 56.1 Å². The molecule has 2 fully saturated rings. The van der Waals surface area contributed by atoms with Gasteiger partial charge < -0.3 is 25.0 Å². The fourth-order valence-corrected chi connectivity index (χ4v) is 5.53. The smallest absolute Gasteiger partial charge is 0.333 e. The Bertz CT molecular complexity index is 1550. The maximum absolute atomic E-state index is 11.8. The molecule has 320 valence electrons. The van der Waals surface area contributed by atoms with Gasteiger partial charge in [0, 0.05) is 58.0 Å². The summed E-state index contributed by atoms with van der Waals surface area (Å²) in [5.74, 6) is -2.77. The van der Waals surface area contributed by atoms with Crippen LogP contribution in [0.2, 0.25) is 21.1 Å². The number of nitrogens with zero attached hydrogens (tertiary/aromatic N) is 8. The normalized spacial score (nSPS) is 13.3. The Morgan fingerprint density at radius 2 is 0.862 bits per heavy atom. The van der Waals surface area contributed by atoms with Crippen molar-refractivity contribution in [3.8, 4) is 0 Å². The van der Waals surface area contributed by atoms with Gasteiger partial charge in [0.25, 0.3) is 23.6 Å². The second kappa shape index (κ2) is 28.0. The molecule has 4 heterocycles. The van der Waals surface area contributed by atoms with E-state index in [0.717, 1.165) is 12.8 Å². The lowest BCUT2D eigenvalue weighted by Crippen LogP contribution is -2.31. The highest BCUT2D eigenvalue weighted by molar-refractivity contribution is 6.33. The topological polar surface area (TPSA) is 255 Å². The summed E-state index contributed by atoms with van der Waals surface area (Å²) in [6.07, 6.45) is 9.34. The number of hydrogen-bond donors (Lipinski definition) is 2. The molecule has 20 nitrogen and oxygen atoms in total. The summed E-state index contributed by atoms with van der Waals surface area (Å²) in [6, 6.07) is 0. The number of amides is 4. The molecule has 2 saturated heterocycles. The molecule has 2 aliphatic rings. The van der Waals surface area contributed by atoms with Crippen LogP contribution in [0.3, 0.4) is 0 Å². The van der Waals surface area contributed by atoms with Crippen LogP contribution in [0.15, 0.2) is 0 Å². The van der Waals surface area contributed by atoms with Gasteiger partial charge in [0.05, 0.1) is 7.11 Å². The number of anilines is 2. The molecule has 2 aromatic rings. The molecule has 0 spiro atoms. The van der Waals surface area contributed by atoms with Crippen LogP contribution in [0.5, 0.6) is 0 Å². The summed E-state index contributed by atoms with van der Waals surface area (Å²) in [6.45, 7) is 3.18. The van der Waals surface area contributed by atoms with Crippen LogP contribution >= 0.6 is 46.4 Å². The van der Waals surface area contributed by atoms with Crippen LogP contribution in [0.25, 0.3) is 0 Å². The molecule has 0 atom stereocenters. The van der Waals surface area contributed by atoms with E-state index < -0.39 is 35.6 Å². The number of esters is 1. The first-order valence-electron chi connectivity index (χ1n) is 18.5. The van der Waals surface area contributed by atoms with Crippen LogP contribution in [-0.2, 0) is 48.0 Å². The predicted octanol–water partition coefficient (Wildman–Crippen LogP) is 5.65. The van der Waals surface area contributed by atoms with Crippen molar-refractivity contribution in [2.24, 2.45) is 0 Å². The largest absolute Gasteiger partial charge is 0.469 e. The fourth-order valence-electron chi connectivity index (χ4n) is 4.76. The zero-order valence-corrected chi connectivity index (χ0v) is 35.1. The molecule has 2 aliphatic heterocycles. The second-order valence-corrected chi connectivity index (χ2v) is 13.7. The number of hydrogen-bond acceptors (Lipinski definition) is 18. The molecule has 0 aliphatic carbocycles. The Hall–Kier alpha value is -4.53. The van der Waals surface area contributed by atoms with Gasteiger partial charge in [-0.15, -0.1) is 10.1 Å². The standard InChI is InChI=1S/C23H30ClN7O8.C8H16O2.C3Cl3N3/c24-21-27-22(25-13-5-1-3-7-19(36)38-30-15(32)9-10-16(30)33)29-23(28-21)26-14-6-2-4-8-20(37)39-31-17(34)11-12-18(31)35;1-3-4-5-6-7-8(9)10-2;4-1-7-2(5)9-3(6)8-1/h1-14H2,(H2,25,26,27,28,29);3-7H2,1-2H3;. The monoisotopic (exact) mass is 894 g/mol. The van der Waals surface area contributed by atoms with E-state index in [-0.39, 0.29) is 77.5 Å². The molecule has 24 heteroatoms. The maximum Gasteiger partial charge on any atom is 0.333 e. The number of methoxy groups -OCH3 is 1. The molecule has 0 unspecified atom stereocenters. The van der Waals surface area contributed by atoms with Crippen LogP contribution in [-0.4, -0.2) is 102 Å².